The van der Waals surface area contributed by atoms with Crippen LogP contribution in [0.3, 0.4) is 0 Å². The number of halogens is 2. The number of methoxy groups -OCH3 is 1. The van der Waals surface area contributed by atoms with E-state index in [-0.39, 0.29) is 11.6 Å². The maximum absolute atomic E-state index is 13.1. The van der Waals surface area contributed by atoms with Gasteiger partial charge in [-0.25, -0.2) is 4.98 Å². The average molecular weight is 427 g/mol. The van der Waals surface area contributed by atoms with Gasteiger partial charge in [0.15, 0.2) is 11.0 Å². The maximum atomic E-state index is 13.1. The molecule has 4 aromatic rings. The van der Waals surface area contributed by atoms with E-state index in [1.54, 1.807) is 7.11 Å². The Morgan fingerprint density at radius 3 is 2.57 bits per heavy atom. The van der Waals surface area contributed by atoms with Crippen molar-refractivity contribution in [3.8, 4) is 22.8 Å². The van der Waals surface area contributed by atoms with Crippen LogP contribution in [-0.4, -0.2) is 31.4 Å². The number of imidazole rings is 1. The molecule has 154 valence electrons. The summed E-state index contributed by atoms with van der Waals surface area (Å²) in [5.74, 6) is 1.78. The number of ether oxygens (including phenoxy) is 1. The fourth-order valence-corrected chi connectivity index (χ4v) is 3.96. The summed E-state index contributed by atoms with van der Waals surface area (Å²) in [6.07, 6.45) is 2.64. The molecule has 0 spiro atoms. The third-order valence-corrected chi connectivity index (χ3v) is 5.49. The van der Waals surface area contributed by atoms with Gasteiger partial charge in [-0.05, 0) is 31.2 Å². The van der Waals surface area contributed by atoms with Gasteiger partial charge in [-0.3, -0.25) is 9.13 Å². The van der Waals surface area contributed by atoms with Crippen LogP contribution in [0.2, 0.25) is 0 Å². The molecule has 9 heteroatoms. The summed E-state index contributed by atoms with van der Waals surface area (Å²) in [6.45, 7) is -0.626. The van der Waals surface area contributed by atoms with Crippen molar-refractivity contribution < 1.29 is 13.5 Å². The van der Waals surface area contributed by atoms with Gasteiger partial charge in [0.25, 0.3) is 0 Å². The Kier molecular flexibility index (Phi) is 5.80. The normalized spacial score (nSPS) is 11.2. The van der Waals surface area contributed by atoms with Crippen molar-refractivity contribution >= 4 is 11.8 Å². The van der Waals surface area contributed by atoms with E-state index < -0.39 is 6.55 Å². The van der Waals surface area contributed by atoms with Gasteiger partial charge in [-0.1, -0.05) is 41.6 Å². The molecule has 0 saturated carbocycles. The highest BCUT2D eigenvalue weighted by Gasteiger charge is 2.20. The minimum atomic E-state index is -2.64. The molecule has 0 saturated heterocycles. The van der Waals surface area contributed by atoms with Crippen molar-refractivity contribution in [2.45, 2.75) is 24.4 Å². The quantitative estimate of drug-likeness (QED) is 0.383. The van der Waals surface area contributed by atoms with Crippen molar-refractivity contribution in [1.82, 2.24) is 24.3 Å². The zero-order valence-corrected chi connectivity index (χ0v) is 17.2. The van der Waals surface area contributed by atoms with E-state index in [4.69, 9.17) is 4.74 Å². The largest absolute Gasteiger partial charge is 0.496 e. The summed E-state index contributed by atoms with van der Waals surface area (Å²) >= 11 is 1.30. The second-order valence-electron chi connectivity index (χ2n) is 6.49. The average Bonchev–Trinajstić information content (AvgIpc) is 3.40. The van der Waals surface area contributed by atoms with Gasteiger partial charge in [0, 0.05) is 18.1 Å². The minimum Gasteiger partial charge on any atom is -0.496 e. The number of para-hydroxylation sites is 1. The molecular weight excluding hydrogens is 408 g/mol. The molecule has 0 N–H and O–H groups in total. The van der Waals surface area contributed by atoms with Crippen LogP contribution in [-0.2, 0) is 5.75 Å². The van der Waals surface area contributed by atoms with Crippen LogP contribution < -0.4 is 4.74 Å². The Morgan fingerprint density at radius 1 is 1.07 bits per heavy atom. The first-order valence-corrected chi connectivity index (χ1v) is 10.2. The molecule has 0 aliphatic carbocycles. The Hall–Kier alpha value is -3.20. The second kappa shape index (κ2) is 8.66. The molecule has 0 aliphatic rings. The van der Waals surface area contributed by atoms with E-state index in [0.29, 0.717) is 16.7 Å². The topological polar surface area (TPSA) is 57.8 Å². The number of aromatic nitrogens is 5. The summed E-state index contributed by atoms with van der Waals surface area (Å²) in [7, 11) is 1.60. The van der Waals surface area contributed by atoms with Crippen LogP contribution >= 0.6 is 11.8 Å². The molecule has 0 radical (unpaired) electrons. The summed E-state index contributed by atoms with van der Waals surface area (Å²) < 4.78 is 34.5. The van der Waals surface area contributed by atoms with Gasteiger partial charge in [0.05, 0.1) is 18.4 Å². The molecule has 0 unspecified atom stereocenters. The van der Waals surface area contributed by atoms with Crippen LogP contribution in [0.1, 0.15) is 17.9 Å². The van der Waals surface area contributed by atoms with Gasteiger partial charge in [-0.2, -0.15) is 8.78 Å². The van der Waals surface area contributed by atoms with Crippen molar-refractivity contribution in [1.29, 1.82) is 0 Å². The second-order valence-corrected chi connectivity index (χ2v) is 7.44. The highest BCUT2D eigenvalue weighted by molar-refractivity contribution is 7.98. The highest BCUT2D eigenvalue weighted by Crippen LogP contribution is 2.34. The molecule has 30 heavy (non-hydrogen) atoms. The van der Waals surface area contributed by atoms with Gasteiger partial charge in [0.1, 0.15) is 11.6 Å². The third-order valence-electron chi connectivity index (χ3n) is 4.56. The predicted molar refractivity (Wildman–Crippen MR) is 111 cm³/mol. The van der Waals surface area contributed by atoms with Crippen LogP contribution in [0, 0.1) is 6.92 Å². The van der Waals surface area contributed by atoms with Crippen LogP contribution in [0.4, 0.5) is 8.78 Å². The zero-order chi connectivity index (χ0) is 21.1. The van der Waals surface area contributed by atoms with E-state index in [1.807, 2.05) is 60.0 Å². The predicted octanol–water partition coefficient (Wildman–Crippen LogP) is 5.14. The number of hydrogen-bond donors (Lipinski definition) is 0. The molecule has 0 amide bonds. The first kappa shape index (κ1) is 20.1. The van der Waals surface area contributed by atoms with Crippen LogP contribution in [0.25, 0.3) is 17.1 Å². The van der Waals surface area contributed by atoms with Crippen molar-refractivity contribution in [3.05, 3.63) is 72.3 Å². The number of alkyl halides is 2. The maximum Gasteiger partial charge on any atom is 0.319 e. The van der Waals surface area contributed by atoms with Crippen LogP contribution in [0.15, 0.2) is 66.1 Å². The Morgan fingerprint density at radius 2 is 1.83 bits per heavy atom. The lowest BCUT2D eigenvalue weighted by molar-refractivity contribution is 0.0678. The van der Waals surface area contributed by atoms with Crippen LogP contribution in [0.5, 0.6) is 5.75 Å². The Labute approximate surface area is 176 Å². The van der Waals surface area contributed by atoms with E-state index in [0.717, 1.165) is 21.4 Å². The third kappa shape index (κ3) is 3.93. The molecule has 0 bridgehead atoms. The summed E-state index contributed by atoms with van der Waals surface area (Å²) in [6, 6.07) is 15.5. The van der Waals surface area contributed by atoms with E-state index in [9.17, 15) is 8.78 Å². The van der Waals surface area contributed by atoms with E-state index in [2.05, 4.69) is 15.2 Å². The summed E-state index contributed by atoms with van der Waals surface area (Å²) in [4.78, 5) is 4.04. The number of thioether (sulfide) groups is 1. The van der Waals surface area contributed by atoms with E-state index >= 15 is 0 Å². The lowest BCUT2D eigenvalue weighted by Gasteiger charge is -2.13. The number of benzene rings is 2. The van der Waals surface area contributed by atoms with Gasteiger partial charge >= 0.3 is 6.55 Å². The Bertz CT molecular complexity index is 1140. The molecule has 2 aromatic carbocycles. The summed E-state index contributed by atoms with van der Waals surface area (Å²) in [5.41, 5.74) is 2.78. The van der Waals surface area contributed by atoms with Gasteiger partial charge in [-0.15, -0.1) is 10.2 Å². The van der Waals surface area contributed by atoms with Gasteiger partial charge < -0.3 is 4.74 Å². The first-order valence-electron chi connectivity index (χ1n) is 9.17. The lowest BCUT2D eigenvalue weighted by atomic mass is 10.1. The van der Waals surface area contributed by atoms with Crippen molar-refractivity contribution in [2.24, 2.45) is 0 Å². The van der Waals surface area contributed by atoms with Gasteiger partial charge in [0.2, 0.25) is 0 Å². The SMILES string of the molecule is COc1ccccc1-c1nnc(SCc2nccn2C(F)F)n1-c1ccc(C)cc1. The number of nitrogens with zero attached hydrogens (tertiary/aromatic N) is 5. The fourth-order valence-electron chi connectivity index (χ4n) is 3.06. The van der Waals surface area contributed by atoms with Crippen molar-refractivity contribution in [3.63, 3.8) is 0 Å². The number of hydrogen-bond acceptors (Lipinski definition) is 5. The molecule has 4 rings (SSSR count). The zero-order valence-electron chi connectivity index (χ0n) is 16.4. The molecule has 0 aliphatic heterocycles. The Balaban J connectivity index is 1.76. The fraction of sp³-hybridized carbons (Fsp3) is 0.190. The highest BCUT2D eigenvalue weighted by atomic mass is 32.2. The molecular formula is C21H19F2N5OS. The molecule has 0 atom stereocenters. The molecule has 6 nitrogen and oxygen atoms in total. The molecule has 2 aromatic heterocycles. The summed E-state index contributed by atoms with van der Waals surface area (Å²) in [5, 5.41) is 9.30. The molecule has 0 fully saturated rings. The smallest absolute Gasteiger partial charge is 0.319 e. The molecule has 2 heterocycles. The standard InChI is InChI=1S/C21H19F2N5OS/c1-14-7-9-15(10-8-14)28-19(16-5-3-4-6-17(16)29-2)25-26-21(28)30-13-18-24-11-12-27(18)20(22)23/h3-12,20H,13H2,1-2H3. The van der Waals surface area contributed by atoms with E-state index in [1.165, 1.54) is 24.2 Å². The minimum absolute atomic E-state index is 0.229. The number of aryl methyl sites for hydroxylation is 1. The lowest BCUT2D eigenvalue weighted by Crippen LogP contribution is -2.04. The van der Waals surface area contributed by atoms with Crippen molar-refractivity contribution in [2.75, 3.05) is 7.11 Å². The monoisotopic (exact) mass is 427 g/mol. The first-order chi connectivity index (χ1) is 14.6. The number of rotatable bonds is 7.